The van der Waals surface area contributed by atoms with Crippen LogP contribution in [-0.4, -0.2) is 35.2 Å². The number of ether oxygens (including phenoxy) is 1. The molecule has 4 aromatic carbocycles. The smallest absolute Gasteiger partial charge is 0.411 e. The molecule has 1 N–H and O–H groups in total. The monoisotopic (exact) mass is 437 g/mol. The van der Waals surface area contributed by atoms with Gasteiger partial charge in [0.15, 0.2) is 0 Å². The zero-order valence-corrected chi connectivity index (χ0v) is 18.1. The minimum absolute atomic E-state index is 0.163. The van der Waals surface area contributed by atoms with Crippen molar-refractivity contribution in [3.63, 3.8) is 0 Å². The summed E-state index contributed by atoms with van der Waals surface area (Å²) in [5.74, 6) is -1.07. The largest absolute Gasteiger partial charge is 0.480 e. The third-order valence-corrected chi connectivity index (χ3v) is 6.33. The first-order chi connectivity index (χ1) is 16.1. The minimum Gasteiger partial charge on any atom is -0.480 e. The molecule has 0 radical (unpaired) electrons. The molecule has 0 bridgehead atoms. The number of carbonyl (C=O) groups excluding carboxylic acids is 1. The second kappa shape index (κ2) is 8.43. The summed E-state index contributed by atoms with van der Waals surface area (Å²) in [6.07, 6.45) is -0.504. The Morgan fingerprint density at radius 2 is 1.42 bits per heavy atom. The van der Waals surface area contributed by atoms with Crippen LogP contribution in [0.2, 0.25) is 0 Å². The summed E-state index contributed by atoms with van der Waals surface area (Å²) in [6.45, 7) is 0. The second-order valence-electron chi connectivity index (χ2n) is 8.19. The SMILES string of the molecule is COC(=O)N(C(Cc1ccc2ccccc2c1)C(=O)O)C1c2ccccc2-c2ccccc21. The van der Waals surface area contributed by atoms with E-state index < -0.39 is 24.1 Å². The molecule has 0 aromatic heterocycles. The number of carboxylic acids is 1. The van der Waals surface area contributed by atoms with E-state index >= 15 is 0 Å². The predicted octanol–water partition coefficient (Wildman–Crippen LogP) is 5.67. The maximum absolute atomic E-state index is 13.1. The van der Waals surface area contributed by atoms with E-state index in [1.807, 2.05) is 91.0 Å². The van der Waals surface area contributed by atoms with Crippen molar-refractivity contribution >= 4 is 22.8 Å². The topological polar surface area (TPSA) is 66.8 Å². The van der Waals surface area contributed by atoms with Crippen LogP contribution in [0.15, 0.2) is 91.0 Å². The van der Waals surface area contributed by atoms with Gasteiger partial charge in [-0.2, -0.15) is 0 Å². The lowest BCUT2D eigenvalue weighted by Crippen LogP contribution is -2.48. The van der Waals surface area contributed by atoms with Gasteiger partial charge in [0.05, 0.1) is 13.2 Å². The summed E-state index contributed by atoms with van der Waals surface area (Å²) in [5.41, 5.74) is 4.64. The molecule has 1 aliphatic rings. The summed E-state index contributed by atoms with van der Waals surface area (Å²) in [4.78, 5) is 27.0. The van der Waals surface area contributed by atoms with Gasteiger partial charge in [0.1, 0.15) is 6.04 Å². The summed E-state index contributed by atoms with van der Waals surface area (Å²) < 4.78 is 5.12. The first kappa shape index (κ1) is 20.8. The minimum atomic E-state index is -1.11. The maximum atomic E-state index is 13.1. The van der Waals surface area contributed by atoms with Crippen molar-refractivity contribution in [2.75, 3.05) is 7.11 Å². The van der Waals surface area contributed by atoms with Crippen LogP contribution in [0, 0.1) is 0 Å². The molecular weight excluding hydrogens is 414 g/mol. The summed E-state index contributed by atoms with van der Waals surface area (Å²) in [5, 5.41) is 12.4. The van der Waals surface area contributed by atoms with E-state index in [9.17, 15) is 14.7 Å². The number of benzene rings is 4. The van der Waals surface area contributed by atoms with Gasteiger partial charge in [-0.15, -0.1) is 0 Å². The molecule has 0 spiro atoms. The Morgan fingerprint density at radius 1 is 0.848 bits per heavy atom. The first-order valence-electron chi connectivity index (χ1n) is 10.8. The average Bonchev–Trinajstić information content (AvgIpc) is 3.17. The Bertz CT molecular complexity index is 1320. The van der Waals surface area contributed by atoms with E-state index in [-0.39, 0.29) is 6.42 Å². The van der Waals surface area contributed by atoms with Crippen molar-refractivity contribution in [3.05, 3.63) is 108 Å². The normalized spacial score (nSPS) is 13.2. The molecule has 4 aromatic rings. The van der Waals surface area contributed by atoms with Crippen LogP contribution in [0.4, 0.5) is 4.79 Å². The van der Waals surface area contributed by atoms with Gasteiger partial charge in [-0.05, 0) is 38.6 Å². The van der Waals surface area contributed by atoms with Crippen LogP contribution in [0.25, 0.3) is 21.9 Å². The maximum Gasteiger partial charge on any atom is 0.411 e. The molecule has 0 saturated heterocycles. The standard InChI is InChI=1S/C28H23NO4/c1-33-28(32)29(26-23-12-6-4-10-21(23)22-11-5-7-13-24(22)26)25(27(30)31)17-18-14-15-19-8-2-3-9-20(19)16-18/h2-16,25-26H,17H2,1H3,(H,30,31). The number of aliphatic carboxylic acids is 1. The van der Waals surface area contributed by atoms with Gasteiger partial charge >= 0.3 is 12.1 Å². The third kappa shape index (κ3) is 3.61. The highest BCUT2D eigenvalue weighted by Gasteiger charge is 2.42. The highest BCUT2D eigenvalue weighted by molar-refractivity contribution is 5.86. The zero-order valence-electron chi connectivity index (χ0n) is 18.1. The molecule has 1 amide bonds. The van der Waals surface area contributed by atoms with E-state index in [4.69, 9.17) is 4.74 Å². The lowest BCUT2D eigenvalue weighted by Gasteiger charge is -2.34. The number of rotatable bonds is 5. The van der Waals surface area contributed by atoms with E-state index in [0.29, 0.717) is 0 Å². The van der Waals surface area contributed by atoms with Gasteiger partial charge in [-0.25, -0.2) is 9.59 Å². The summed E-state index contributed by atoms with van der Waals surface area (Å²) >= 11 is 0. The molecule has 5 nitrogen and oxygen atoms in total. The number of fused-ring (bicyclic) bond motifs is 4. The first-order valence-corrected chi connectivity index (χ1v) is 10.8. The number of carbonyl (C=O) groups is 2. The van der Waals surface area contributed by atoms with Crippen LogP contribution in [0.5, 0.6) is 0 Å². The van der Waals surface area contributed by atoms with Gasteiger partial charge in [0.25, 0.3) is 0 Å². The highest BCUT2D eigenvalue weighted by atomic mass is 16.5. The fourth-order valence-corrected chi connectivity index (χ4v) is 4.84. The van der Waals surface area contributed by atoms with Gasteiger partial charge < -0.3 is 9.84 Å². The Morgan fingerprint density at radius 3 is 2.03 bits per heavy atom. The molecule has 0 heterocycles. The number of hydrogen-bond donors (Lipinski definition) is 1. The number of carboxylic acid groups (broad SMARTS) is 1. The van der Waals surface area contributed by atoms with Crippen molar-refractivity contribution in [2.45, 2.75) is 18.5 Å². The van der Waals surface area contributed by atoms with E-state index in [2.05, 4.69) is 0 Å². The van der Waals surface area contributed by atoms with Gasteiger partial charge in [-0.1, -0.05) is 91.0 Å². The molecule has 0 saturated carbocycles. The van der Waals surface area contributed by atoms with Gasteiger partial charge in [0.2, 0.25) is 0 Å². The fraction of sp³-hybridized carbons (Fsp3) is 0.143. The Labute approximate surface area is 191 Å². The second-order valence-corrected chi connectivity index (χ2v) is 8.19. The average molecular weight is 437 g/mol. The Kier molecular flexibility index (Phi) is 5.31. The molecule has 0 fully saturated rings. The number of amides is 1. The van der Waals surface area contributed by atoms with E-state index in [1.54, 1.807) is 0 Å². The van der Waals surface area contributed by atoms with Crippen LogP contribution in [0.1, 0.15) is 22.7 Å². The number of nitrogens with zero attached hydrogens (tertiary/aromatic N) is 1. The van der Waals surface area contributed by atoms with Gasteiger partial charge in [0, 0.05) is 6.42 Å². The lowest BCUT2D eigenvalue weighted by atomic mass is 9.97. The third-order valence-electron chi connectivity index (χ3n) is 6.33. The number of methoxy groups -OCH3 is 1. The van der Waals surface area contributed by atoms with Crippen LogP contribution < -0.4 is 0 Å². The molecule has 164 valence electrons. The molecule has 0 aliphatic heterocycles. The van der Waals surface area contributed by atoms with E-state index in [0.717, 1.165) is 38.6 Å². The quantitative estimate of drug-likeness (QED) is 0.437. The highest BCUT2D eigenvalue weighted by Crippen LogP contribution is 2.47. The van der Waals surface area contributed by atoms with Crippen LogP contribution in [-0.2, 0) is 16.0 Å². The molecule has 33 heavy (non-hydrogen) atoms. The van der Waals surface area contributed by atoms with Crippen molar-refractivity contribution < 1.29 is 19.4 Å². The molecule has 5 rings (SSSR count). The summed E-state index contributed by atoms with van der Waals surface area (Å²) in [6, 6.07) is 27.8. The van der Waals surface area contributed by atoms with Gasteiger partial charge in [-0.3, -0.25) is 4.90 Å². The zero-order chi connectivity index (χ0) is 22.9. The Balaban J connectivity index is 1.61. The Hall–Kier alpha value is -4.12. The molecule has 1 aliphatic carbocycles. The number of hydrogen-bond acceptors (Lipinski definition) is 3. The molecule has 1 unspecified atom stereocenters. The predicted molar refractivity (Wildman–Crippen MR) is 127 cm³/mol. The molecule has 1 atom stereocenters. The van der Waals surface area contributed by atoms with Crippen molar-refractivity contribution in [3.8, 4) is 11.1 Å². The van der Waals surface area contributed by atoms with Crippen LogP contribution >= 0.6 is 0 Å². The lowest BCUT2D eigenvalue weighted by molar-refractivity contribution is -0.143. The van der Waals surface area contributed by atoms with E-state index in [1.165, 1.54) is 12.0 Å². The van der Waals surface area contributed by atoms with Crippen LogP contribution in [0.3, 0.4) is 0 Å². The molecular formula is C28H23NO4. The van der Waals surface area contributed by atoms with Crippen molar-refractivity contribution in [1.82, 2.24) is 4.90 Å². The summed E-state index contributed by atoms with van der Waals surface area (Å²) in [7, 11) is 1.29. The fourth-order valence-electron chi connectivity index (χ4n) is 4.84. The van der Waals surface area contributed by atoms with Crippen molar-refractivity contribution in [1.29, 1.82) is 0 Å². The van der Waals surface area contributed by atoms with Crippen molar-refractivity contribution in [2.24, 2.45) is 0 Å². The molecule has 5 heteroatoms.